The Morgan fingerprint density at radius 2 is 2.19 bits per heavy atom. The molecule has 0 radical (unpaired) electrons. The van der Waals surface area contributed by atoms with E-state index >= 15 is 0 Å². The average Bonchev–Trinajstić information content (AvgIpc) is 2.91. The van der Waals surface area contributed by atoms with Crippen LogP contribution in [0.3, 0.4) is 0 Å². The van der Waals surface area contributed by atoms with E-state index in [1.165, 1.54) is 17.1 Å². The van der Waals surface area contributed by atoms with Crippen molar-refractivity contribution in [3.05, 3.63) is 33.9 Å². The van der Waals surface area contributed by atoms with Crippen molar-refractivity contribution in [2.45, 2.75) is 39.7 Å². The lowest BCUT2D eigenvalue weighted by Crippen LogP contribution is -2.05. The third-order valence-corrected chi connectivity index (χ3v) is 4.27. The van der Waals surface area contributed by atoms with Gasteiger partial charge >= 0.3 is 0 Å². The zero-order chi connectivity index (χ0) is 15.2. The van der Waals surface area contributed by atoms with Gasteiger partial charge in [-0.05, 0) is 36.1 Å². The Labute approximate surface area is 138 Å². The fourth-order valence-electron chi connectivity index (χ4n) is 1.92. The topological polar surface area (TPSA) is 47.0 Å². The number of aromatic nitrogens is 2. The van der Waals surface area contributed by atoms with Crippen LogP contribution < -0.4 is 10.1 Å². The van der Waals surface area contributed by atoms with Gasteiger partial charge in [0.25, 0.3) is 0 Å². The molecule has 2 rings (SSSR count). The summed E-state index contributed by atoms with van der Waals surface area (Å²) < 4.78 is 11.0. The lowest BCUT2D eigenvalue weighted by molar-refractivity contribution is 0.297. The van der Waals surface area contributed by atoms with E-state index < -0.39 is 0 Å². The number of nitrogens with zero attached hydrogens (tertiary/aromatic N) is 2. The van der Waals surface area contributed by atoms with Crippen LogP contribution in [-0.2, 0) is 6.61 Å². The molecule has 6 heteroatoms. The van der Waals surface area contributed by atoms with Gasteiger partial charge in [-0.1, -0.05) is 41.2 Å². The zero-order valence-corrected chi connectivity index (χ0v) is 14.9. The molecule has 0 fully saturated rings. The molecule has 21 heavy (non-hydrogen) atoms. The van der Waals surface area contributed by atoms with Crippen LogP contribution in [-0.4, -0.2) is 16.1 Å². The Bertz CT molecular complexity index is 586. The monoisotopic (exact) mass is 369 g/mol. The minimum Gasteiger partial charge on any atom is -0.487 e. The average molecular weight is 370 g/mol. The number of anilines is 1. The summed E-state index contributed by atoms with van der Waals surface area (Å²) in [6.45, 7) is 7.81. The van der Waals surface area contributed by atoms with E-state index in [1.54, 1.807) is 0 Å². The van der Waals surface area contributed by atoms with E-state index in [0.29, 0.717) is 12.5 Å². The van der Waals surface area contributed by atoms with E-state index in [0.717, 1.165) is 33.9 Å². The van der Waals surface area contributed by atoms with Crippen LogP contribution in [0.15, 0.2) is 22.7 Å². The molecule has 1 aromatic heterocycles. The Hall–Kier alpha value is -1.14. The third kappa shape index (κ3) is 4.41. The fourth-order valence-corrected chi connectivity index (χ4v) is 2.90. The molecule has 0 aliphatic carbocycles. The Kier molecular flexibility index (Phi) is 5.99. The summed E-state index contributed by atoms with van der Waals surface area (Å²) in [5.41, 5.74) is 2.06. The first kappa shape index (κ1) is 16.2. The molecule has 0 amide bonds. The number of halogens is 1. The molecule has 1 N–H and O–H groups in total. The highest BCUT2D eigenvalue weighted by atomic mass is 79.9. The number of nitrogens with one attached hydrogen (secondary N) is 1. The predicted molar refractivity (Wildman–Crippen MR) is 91.3 cm³/mol. The molecule has 0 aliphatic heterocycles. The van der Waals surface area contributed by atoms with Crippen molar-refractivity contribution in [1.29, 1.82) is 0 Å². The van der Waals surface area contributed by atoms with Crippen molar-refractivity contribution in [2.24, 2.45) is 0 Å². The van der Waals surface area contributed by atoms with Crippen molar-refractivity contribution < 1.29 is 4.74 Å². The van der Waals surface area contributed by atoms with Crippen molar-refractivity contribution in [1.82, 2.24) is 9.59 Å². The van der Waals surface area contributed by atoms with Crippen molar-refractivity contribution in [3.8, 4) is 5.75 Å². The summed E-state index contributed by atoms with van der Waals surface area (Å²) >= 11 is 4.89. The molecular formula is C15H20BrN3OS. The maximum Gasteiger partial charge on any atom is 0.136 e. The summed E-state index contributed by atoms with van der Waals surface area (Å²) in [6, 6.07) is 6.10. The summed E-state index contributed by atoms with van der Waals surface area (Å²) in [5, 5.41) is 8.48. The van der Waals surface area contributed by atoms with Gasteiger partial charge in [-0.2, -0.15) is 0 Å². The van der Waals surface area contributed by atoms with E-state index in [9.17, 15) is 0 Å². The molecule has 0 spiro atoms. The summed E-state index contributed by atoms with van der Waals surface area (Å²) in [5.74, 6) is 1.31. The molecule has 1 aromatic carbocycles. The highest BCUT2D eigenvalue weighted by Crippen LogP contribution is 2.30. The number of hydrogen-bond donors (Lipinski definition) is 1. The number of rotatable bonds is 7. The van der Waals surface area contributed by atoms with E-state index in [4.69, 9.17) is 4.74 Å². The van der Waals surface area contributed by atoms with Crippen LogP contribution >= 0.6 is 27.5 Å². The van der Waals surface area contributed by atoms with Gasteiger partial charge in [0, 0.05) is 22.5 Å². The van der Waals surface area contributed by atoms with Gasteiger partial charge in [0.15, 0.2) is 0 Å². The number of benzene rings is 1. The summed E-state index contributed by atoms with van der Waals surface area (Å²) in [6.07, 6.45) is 1.07. The lowest BCUT2D eigenvalue weighted by atomic mass is 10.0. The Morgan fingerprint density at radius 3 is 2.90 bits per heavy atom. The van der Waals surface area contributed by atoms with Crippen molar-refractivity contribution >= 4 is 32.5 Å². The highest BCUT2D eigenvalue weighted by molar-refractivity contribution is 9.10. The maximum absolute atomic E-state index is 5.96. The molecule has 114 valence electrons. The molecule has 0 saturated heterocycles. The molecular weight excluding hydrogens is 350 g/mol. The van der Waals surface area contributed by atoms with Gasteiger partial charge in [0.2, 0.25) is 0 Å². The smallest absolute Gasteiger partial charge is 0.136 e. The molecule has 2 aromatic rings. The van der Waals surface area contributed by atoms with E-state index in [2.05, 4.69) is 57.7 Å². The van der Waals surface area contributed by atoms with Crippen LogP contribution in [0.4, 0.5) is 5.00 Å². The van der Waals surface area contributed by atoms with Gasteiger partial charge in [0.1, 0.15) is 23.1 Å². The molecule has 0 aliphatic rings. The standard InChI is InChI=1S/C15H20BrN3OS/c1-4-7-17-15-13(18-19-21-15)9-20-14-6-5-11(16)8-12(14)10(2)3/h5-6,8,10,17H,4,7,9H2,1-3H3. The van der Waals surface area contributed by atoms with Crippen LogP contribution in [0, 0.1) is 0 Å². The van der Waals surface area contributed by atoms with Gasteiger partial charge in [-0.3, -0.25) is 0 Å². The summed E-state index contributed by atoms with van der Waals surface area (Å²) in [4.78, 5) is 0. The Morgan fingerprint density at radius 1 is 1.38 bits per heavy atom. The van der Waals surface area contributed by atoms with Gasteiger partial charge in [0.05, 0.1) is 0 Å². The van der Waals surface area contributed by atoms with Gasteiger partial charge in [-0.15, -0.1) is 5.10 Å². The van der Waals surface area contributed by atoms with Crippen LogP contribution in [0.1, 0.15) is 44.4 Å². The quantitative estimate of drug-likeness (QED) is 0.759. The van der Waals surface area contributed by atoms with Crippen molar-refractivity contribution in [2.75, 3.05) is 11.9 Å². The van der Waals surface area contributed by atoms with Crippen LogP contribution in [0.25, 0.3) is 0 Å². The first-order chi connectivity index (χ1) is 10.1. The number of hydrogen-bond acceptors (Lipinski definition) is 5. The molecule has 0 bridgehead atoms. The molecule has 4 nitrogen and oxygen atoms in total. The van der Waals surface area contributed by atoms with E-state index in [1.807, 2.05) is 12.1 Å². The van der Waals surface area contributed by atoms with Gasteiger partial charge in [-0.25, -0.2) is 0 Å². The third-order valence-electron chi connectivity index (χ3n) is 3.05. The summed E-state index contributed by atoms with van der Waals surface area (Å²) in [7, 11) is 0. The highest BCUT2D eigenvalue weighted by Gasteiger charge is 2.12. The SMILES string of the molecule is CCCNc1snnc1COc1ccc(Br)cc1C(C)C. The van der Waals surface area contributed by atoms with Crippen LogP contribution in [0.2, 0.25) is 0 Å². The minimum atomic E-state index is 0.406. The molecule has 0 unspecified atom stereocenters. The second kappa shape index (κ2) is 7.75. The maximum atomic E-state index is 5.96. The minimum absolute atomic E-state index is 0.406. The Balaban J connectivity index is 2.08. The lowest BCUT2D eigenvalue weighted by Gasteiger charge is -2.14. The second-order valence-corrected chi connectivity index (χ2v) is 6.77. The fraction of sp³-hybridized carbons (Fsp3) is 0.467. The molecule has 0 atom stereocenters. The number of ether oxygens (including phenoxy) is 1. The first-order valence-electron chi connectivity index (χ1n) is 7.09. The molecule has 0 saturated carbocycles. The molecule has 1 heterocycles. The van der Waals surface area contributed by atoms with Crippen LogP contribution in [0.5, 0.6) is 5.75 Å². The van der Waals surface area contributed by atoms with E-state index in [-0.39, 0.29) is 0 Å². The van der Waals surface area contributed by atoms with Gasteiger partial charge < -0.3 is 10.1 Å². The largest absolute Gasteiger partial charge is 0.487 e. The predicted octanol–water partition coefficient (Wildman–Crippen LogP) is 4.82. The normalized spacial score (nSPS) is 10.9. The van der Waals surface area contributed by atoms with Crippen molar-refractivity contribution in [3.63, 3.8) is 0 Å². The zero-order valence-electron chi connectivity index (χ0n) is 12.5. The second-order valence-electron chi connectivity index (χ2n) is 5.10. The first-order valence-corrected chi connectivity index (χ1v) is 8.65.